The van der Waals surface area contributed by atoms with Crippen molar-refractivity contribution >= 4 is 34.0 Å². The topological polar surface area (TPSA) is 40.5 Å². The average Bonchev–Trinajstić information content (AvgIpc) is 2.47. The molecule has 0 radical (unpaired) electrons. The number of rotatable bonds is 1. The fourth-order valence-corrected chi connectivity index (χ4v) is 2.64. The molecule has 1 aromatic carbocycles. The molecule has 1 heterocycles. The van der Waals surface area contributed by atoms with E-state index in [1.807, 2.05) is 26.0 Å². The van der Waals surface area contributed by atoms with E-state index in [1.54, 1.807) is 17.4 Å². The van der Waals surface area contributed by atoms with Gasteiger partial charge in [-0.3, -0.25) is 0 Å². The molecule has 72 valence electrons. The molecule has 2 nitrogen and oxygen atoms in total. The quantitative estimate of drug-likeness (QED) is 0.688. The number of benzene rings is 1. The van der Waals surface area contributed by atoms with Gasteiger partial charge in [-0.25, -0.2) is 0 Å². The lowest BCUT2D eigenvalue weighted by Crippen LogP contribution is -2.30. The van der Waals surface area contributed by atoms with Crippen LogP contribution in [0.1, 0.15) is 10.4 Å². The first-order valence-corrected chi connectivity index (χ1v) is 5.27. The van der Waals surface area contributed by atoms with Gasteiger partial charge in [0, 0.05) is 9.58 Å². The summed E-state index contributed by atoms with van der Waals surface area (Å²) in [5.74, 6) is 0. The molecule has 0 atom stereocenters. The van der Waals surface area contributed by atoms with Gasteiger partial charge in [-0.05, 0) is 36.3 Å². The van der Waals surface area contributed by atoms with E-state index in [0.29, 0.717) is 5.46 Å². The molecule has 14 heavy (non-hydrogen) atoms. The van der Waals surface area contributed by atoms with Crippen LogP contribution < -0.4 is 5.46 Å². The molecule has 0 spiro atoms. The molecule has 0 amide bonds. The van der Waals surface area contributed by atoms with Crippen LogP contribution in [0.4, 0.5) is 0 Å². The van der Waals surface area contributed by atoms with Crippen LogP contribution in [0.25, 0.3) is 10.1 Å². The smallest absolute Gasteiger partial charge is 0.423 e. The Labute approximate surface area is 87.0 Å². The third kappa shape index (κ3) is 1.45. The minimum absolute atomic E-state index is 0.593. The molecule has 1 aromatic heterocycles. The largest absolute Gasteiger partial charge is 0.489 e. The van der Waals surface area contributed by atoms with E-state index in [4.69, 9.17) is 0 Å². The molecule has 0 aliphatic heterocycles. The fourth-order valence-electron chi connectivity index (χ4n) is 1.63. The second-order valence-corrected chi connectivity index (χ2v) is 4.70. The van der Waals surface area contributed by atoms with Gasteiger partial charge in [0.25, 0.3) is 0 Å². The summed E-state index contributed by atoms with van der Waals surface area (Å²) in [6.45, 7) is 4.06. The summed E-state index contributed by atoms with van der Waals surface area (Å²) in [5.41, 5.74) is 1.78. The van der Waals surface area contributed by atoms with Crippen molar-refractivity contribution in [3.8, 4) is 0 Å². The summed E-state index contributed by atoms with van der Waals surface area (Å²) in [4.78, 5) is 1.19. The highest BCUT2D eigenvalue weighted by Crippen LogP contribution is 2.26. The van der Waals surface area contributed by atoms with Crippen molar-refractivity contribution in [3.05, 3.63) is 28.6 Å². The zero-order chi connectivity index (χ0) is 10.3. The number of hydrogen-bond donors (Lipinski definition) is 2. The third-order valence-corrected chi connectivity index (χ3v) is 3.50. The molecule has 2 rings (SSSR count). The maximum Gasteiger partial charge on any atom is 0.489 e. The van der Waals surface area contributed by atoms with Crippen LogP contribution in [-0.2, 0) is 0 Å². The summed E-state index contributed by atoms with van der Waals surface area (Å²) in [7, 11) is -1.38. The Balaban J connectivity index is 2.81. The second-order valence-electron chi connectivity index (χ2n) is 3.45. The normalized spacial score (nSPS) is 10.9. The van der Waals surface area contributed by atoms with Crippen molar-refractivity contribution < 1.29 is 10.0 Å². The zero-order valence-electron chi connectivity index (χ0n) is 8.11. The van der Waals surface area contributed by atoms with Crippen LogP contribution in [0.15, 0.2) is 18.2 Å². The lowest BCUT2D eigenvalue weighted by molar-refractivity contribution is 0.426. The van der Waals surface area contributed by atoms with Crippen molar-refractivity contribution in [2.45, 2.75) is 13.8 Å². The Morgan fingerprint density at radius 2 is 1.93 bits per heavy atom. The van der Waals surface area contributed by atoms with Gasteiger partial charge in [-0.2, -0.15) is 0 Å². The molecule has 0 fully saturated rings. The Kier molecular flexibility index (Phi) is 2.35. The maximum atomic E-state index is 9.18. The van der Waals surface area contributed by atoms with Gasteiger partial charge in [0.2, 0.25) is 0 Å². The van der Waals surface area contributed by atoms with Crippen molar-refractivity contribution in [2.75, 3.05) is 0 Å². The van der Waals surface area contributed by atoms with Crippen LogP contribution in [0, 0.1) is 13.8 Å². The number of aryl methyl sites for hydroxylation is 2. The van der Waals surface area contributed by atoms with Gasteiger partial charge >= 0.3 is 7.12 Å². The number of hydrogen-bond acceptors (Lipinski definition) is 3. The first-order chi connectivity index (χ1) is 6.59. The maximum absolute atomic E-state index is 9.18. The van der Waals surface area contributed by atoms with E-state index >= 15 is 0 Å². The first kappa shape index (κ1) is 9.71. The molecular formula is C10H11BO2S. The summed E-state index contributed by atoms with van der Waals surface area (Å²) < 4.78 is 1.15. The highest BCUT2D eigenvalue weighted by atomic mass is 32.1. The highest BCUT2D eigenvalue weighted by Gasteiger charge is 2.16. The number of fused-ring (bicyclic) bond motifs is 1. The van der Waals surface area contributed by atoms with Crippen molar-refractivity contribution in [3.63, 3.8) is 0 Å². The summed E-state index contributed by atoms with van der Waals surface area (Å²) in [5, 5.41) is 19.3. The lowest BCUT2D eigenvalue weighted by Gasteiger charge is -2.02. The van der Waals surface area contributed by atoms with Crippen molar-refractivity contribution in [1.29, 1.82) is 0 Å². The average molecular weight is 206 g/mol. The molecule has 0 aliphatic carbocycles. The highest BCUT2D eigenvalue weighted by molar-refractivity contribution is 7.19. The second kappa shape index (κ2) is 3.39. The summed E-state index contributed by atoms with van der Waals surface area (Å²) >= 11 is 1.69. The van der Waals surface area contributed by atoms with Gasteiger partial charge in [0.05, 0.1) is 0 Å². The third-order valence-electron chi connectivity index (χ3n) is 2.32. The van der Waals surface area contributed by atoms with Gasteiger partial charge in [-0.1, -0.05) is 12.1 Å². The fraction of sp³-hybridized carbons (Fsp3) is 0.200. The Morgan fingerprint density at radius 3 is 2.57 bits per heavy atom. The predicted octanol–water partition coefficient (Wildman–Crippen LogP) is 1.20. The Morgan fingerprint density at radius 1 is 1.21 bits per heavy atom. The molecule has 0 unspecified atom stereocenters. The van der Waals surface area contributed by atoms with Gasteiger partial charge < -0.3 is 10.0 Å². The molecule has 0 saturated carbocycles. The minimum atomic E-state index is -1.38. The summed E-state index contributed by atoms with van der Waals surface area (Å²) in [6.07, 6.45) is 0. The predicted molar refractivity (Wildman–Crippen MR) is 61.1 cm³/mol. The molecule has 2 N–H and O–H groups in total. The van der Waals surface area contributed by atoms with E-state index < -0.39 is 7.12 Å². The number of thiophene rings is 1. The van der Waals surface area contributed by atoms with E-state index in [-0.39, 0.29) is 0 Å². The van der Waals surface area contributed by atoms with Crippen LogP contribution in [-0.4, -0.2) is 17.2 Å². The van der Waals surface area contributed by atoms with E-state index in [1.165, 1.54) is 10.4 Å². The molecule has 4 heteroatoms. The van der Waals surface area contributed by atoms with Crippen molar-refractivity contribution in [2.24, 2.45) is 0 Å². The van der Waals surface area contributed by atoms with Crippen LogP contribution in [0.5, 0.6) is 0 Å². The zero-order valence-corrected chi connectivity index (χ0v) is 8.93. The standard InChI is InChI=1S/C10H11BO2S/c1-6-3-4-9(11(12)13)8-5-7(2)14-10(6)8/h3-5,12-13H,1-2H3. The Bertz CT molecular complexity index is 476. The van der Waals surface area contributed by atoms with Crippen LogP contribution in [0.3, 0.4) is 0 Å². The molecular weight excluding hydrogens is 195 g/mol. The van der Waals surface area contributed by atoms with E-state index in [2.05, 4.69) is 0 Å². The molecule has 0 aliphatic rings. The molecule has 0 bridgehead atoms. The lowest BCUT2D eigenvalue weighted by atomic mass is 9.78. The molecule has 0 saturated heterocycles. The van der Waals surface area contributed by atoms with Gasteiger partial charge in [0.1, 0.15) is 0 Å². The minimum Gasteiger partial charge on any atom is -0.423 e. The Hall–Kier alpha value is -0.835. The first-order valence-electron chi connectivity index (χ1n) is 4.45. The van der Waals surface area contributed by atoms with Gasteiger partial charge in [0.15, 0.2) is 0 Å². The van der Waals surface area contributed by atoms with Crippen LogP contribution >= 0.6 is 11.3 Å². The monoisotopic (exact) mass is 206 g/mol. The SMILES string of the molecule is Cc1cc2c(B(O)O)ccc(C)c2s1. The summed E-state index contributed by atoms with van der Waals surface area (Å²) in [6, 6.07) is 5.70. The molecule has 2 aromatic rings. The van der Waals surface area contributed by atoms with Crippen molar-refractivity contribution in [1.82, 2.24) is 0 Å². The van der Waals surface area contributed by atoms with Crippen LogP contribution in [0.2, 0.25) is 0 Å². The van der Waals surface area contributed by atoms with E-state index in [9.17, 15) is 10.0 Å². The van der Waals surface area contributed by atoms with E-state index in [0.717, 1.165) is 10.1 Å². The van der Waals surface area contributed by atoms with Gasteiger partial charge in [-0.15, -0.1) is 11.3 Å².